The highest BCUT2D eigenvalue weighted by Gasteiger charge is 2.61. The van der Waals surface area contributed by atoms with Gasteiger partial charge < -0.3 is 9.47 Å². The molecule has 8 atom stereocenters. The van der Waals surface area contributed by atoms with Crippen LogP contribution in [0.2, 0.25) is 0 Å². The molecule has 4 fully saturated rings. The van der Waals surface area contributed by atoms with E-state index in [2.05, 4.69) is 13.8 Å². The molecule has 0 aliphatic heterocycles. The Hall–Kier alpha value is -1.84. The Balaban J connectivity index is 1.30. The van der Waals surface area contributed by atoms with Crippen molar-refractivity contribution in [1.29, 1.82) is 0 Å². The van der Waals surface area contributed by atoms with E-state index in [4.69, 9.17) is 9.47 Å². The topological polar surface area (TPSA) is 52.6 Å². The summed E-state index contributed by atoms with van der Waals surface area (Å²) in [6.45, 7) is 6.46. The molecule has 5 rings (SSSR count). The summed E-state index contributed by atoms with van der Waals surface area (Å²) in [7, 11) is 0. The normalized spacial score (nSPS) is 42.8. The van der Waals surface area contributed by atoms with Crippen molar-refractivity contribution in [3.05, 3.63) is 35.9 Å². The highest BCUT2D eigenvalue weighted by Crippen LogP contribution is 2.66. The summed E-state index contributed by atoms with van der Waals surface area (Å²) in [5.74, 6) is 2.50. The first-order chi connectivity index (χ1) is 15.3. The Labute approximate surface area is 192 Å². The summed E-state index contributed by atoms with van der Waals surface area (Å²) in [6, 6.07) is 9.43. The molecule has 0 spiro atoms. The van der Waals surface area contributed by atoms with Crippen LogP contribution in [0.4, 0.5) is 0 Å². The van der Waals surface area contributed by atoms with Crippen LogP contribution in [-0.4, -0.2) is 24.1 Å². The van der Waals surface area contributed by atoms with E-state index in [-0.39, 0.29) is 29.6 Å². The Morgan fingerprint density at radius 2 is 1.56 bits per heavy atom. The van der Waals surface area contributed by atoms with Crippen LogP contribution in [0.5, 0.6) is 0 Å². The Bertz CT molecular complexity index is 865. The fourth-order valence-electron chi connectivity index (χ4n) is 8.48. The first-order valence-electron chi connectivity index (χ1n) is 12.7. The third kappa shape index (κ3) is 3.58. The van der Waals surface area contributed by atoms with Gasteiger partial charge in [0.2, 0.25) is 0 Å². The van der Waals surface area contributed by atoms with Gasteiger partial charge >= 0.3 is 11.9 Å². The first-order valence-corrected chi connectivity index (χ1v) is 12.7. The number of carbonyl (C=O) groups is 2. The van der Waals surface area contributed by atoms with Crippen LogP contribution < -0.4 is 0 Å². The van der Waals surface area contributed by atoms with Crippen LogP contribution in [-0.2, 0) is 14.3 Å². The number of hydrogen-bond donors (Lipinski definition) is 0. The van der Waals surface area contributed by atoms with Crippen molar-refractivity contribution < 1.29 is 19.1 Å². The molecule has 0 bridgehead atoms. The molecule has 4 aliphatic rings. The first kappa shape index (κ1) is 22.0. The number of carbonyl (C=O) groups excluding carboxylic acids is 2. The van der Waals surface area contributed by atoms with Gasteiger partial charge in [0, 0.05) is 12.3 Å². The zero-order valence-corrected chi connectivity index (χ0v) is 19.8. The van der Waals surface area contributed by atoms with E-state index >= 15 is 0 Å². The molecule has 174 valence electrons. The molecule has 0 amide bonds. The van der Waals surface area contributed by atoms with E-state index in [9.17, 15) is 9.59 Å². The maximum absolute atomic E-state index is 12.8. The molecule has 4 nitrogen and oxygen atoms in total. The van der Waals surface area contributed by atoms with Crippen LogP contribution in [0, 0.1) is 34.5 Å². The maximum Gasteiger partial charge on any atom is 0.338 e. The standard InChI is InChI=1S/C28H38O4/c1-18(29)31-21-13-15-27(2)20(17-21)9-10-22-23-11-12-25(28(23,3)16-14-24(22)27)32-26(30)19-7-5-4-6-8-19/h4-8,20-25H,9-17H2,1-3H3/t20-,21+,22-,23-,24-,25+,27-,28-/m0/s1. The third-order valence-electron chi connectivity index (χ3n) is 10.1. The van der Waals surface area contributed by atoms with Gasteiger partial charge in [0.1, 0.15) is 12.2 Å². The van der Waals surface area contributed by atoms with Gasteiger partial charge in [0.25, 0.3) is 0 Å². The summed E-state index contributed by atoms with van der Waals surface area (Å²) < 4.78 is 11.8. The fourth-order valence-corrected chi connectivity index (χ4v) is 8.48. The molecule has 4 heteroatoms. The summed E-state index contributed by atoms with van der Waals surface area (Å²) in [6.07, 6.45) is 10.5. The molecule has 32 heavy (non-hydrogen) atoms. The van der Waals surface area contributed by atoms with Gasteiger partial charge in [0.15, 0.2) is 0 Å². The molecule has 1 aromatic rings. The molecule has 4 saturated carbocycles. The van der Waals surface area contributed by atoms with Gasteiger partial charge in [-0.2, -0.15) is 0 Å². The van der Waals surface area contributed by atoms with Crippen LogP contribution >= 0.6 is 0 Å². The summed E-state index contributed by atoms with van der Waals surface area (Å²) in [5.41, 5.74) is 1.12. The minimum absolute atomic E-state index is 0.0337. The van der Waals surface area contributed by atoms with Crippen LogP contribution in [0.1, 0.15) is 88.9 Å². The number of esters is 2. The average Bonchev–Trinajstić information content (AvgIpc) is 3.10. The second-order valence-electron chi connectivity index (χ2n) is 11.5. The van der Waals surface area contributed by atoms with Crippen LogP contribution in [0.3, 0.4) is 0 Å². The highest BCUT2D eigenvalue weighted by molar-refractivity contribution is 5.89. The third-order valence-corrected chi connectivity index (χ3v) is 10.1. The quantitative estimate of drug-likeness (QED) is 0.528. The van der Waals surface area contributed by atoms with Gasteiger partial charge in [0.05, 0.1) is 5.56 Å². The second-order valence-corrected chi connectivity index (χ2v) is 11.5. The lowest BCUT2D eigenvalue weighted by Crippen LogP contribution is -2.54. The van der Waals surface area contributed by atoms with E-state index in [1.807, 2.05) is 30.3 Å². The van der Waals surface area contributed by atoms with E-state index < -0.39 is 0 Å². The fraction of sp³-hybridized carbons (Fsp3) is 0.714. The Morgan fingerprint density at radius 1 is 0.844 bits per heavy atom. The minimum atomic E-state index is -0.168. The van der Waals surface area contributed by atoms with Crippen LogP contribution in [0.25, 0.3) is 0 Å². The molecule has 0 saturated heterocycles. The van der Waals surface area contributed by atoms with Crippen molar-refractivity contribution in [1.82, 2.24) is 0 Å². The maximum atomic E-state index is 12.8. The van der Waals surface area contributed by atoms with Gasteiger partial charge in [-0.3, -0.25) is 4.79 Å². The Kier molecular flexibility index (Phi) is 5.62. The van der Waals surface area contributed by atoms with Crippen molar-refractivity contribution in [3.63, 3.8) is 0 Å². The lowest BCUT2D eigenvalue weighted by molar-refractivity contribution is -0.161. The molecule has 1 aromatic carbocycles. The lowest BCUT2D eigenvalue weighted by Gasteiger charge is -2.60. The van der Waals surface area contributed by atoms with Crippen molar-refractivity contribution >= 4 is 11.9 Å². The van der Waals surface area contributed by atoms with E-state index in [1.165, 1.54) is 39.0 Å². The zero-order chi connectivity index (χ0) is 22.5. The van der Waals surface area contributed by atoms with Crippen molar-refractivity contribution in [2.24, 2.45) is 34.5 Å². The van der Waals surface area contributed by atoms with Gasteiger partial charge in [-0.05, 0) is 99.0 Å². The average molecular weight is 439 g/mol. The van der Waals surface area contributed by atoms with Crippen molar-refractivity contribution in [3.8, 4) is 0 Å². The predicted octanol–water partition coefficient (Wildman–Crippen LogP) is 6.19. The lowest BCUT2D eigenvalue weighted by atomic mass is 9.45. The molecule has 0 heterocycles. The largest absolute Gasteiger partial charge is 0.463 e. The molecule has 4 aliphatic carbocycles. The predicted molar refractivity (Wildman–Crippen MR) is 123 cm³/mol. The molecule has 0 aromatic heterocycles. The van der Waals surface area contributed by atoms with E-state index in [1.54, 1.807) is 0 Å². The van der Waals surface area contributed by atoms with Crippen molar-refractivity contribution in [2.75, 3.05) is 0 Å². The Morgan fingerprint density at radius 3 is 2.31 bits per heavy atom. The second kappa shape index (κ2) is 8.18. The SMILES string of the molecule is CC(=O)O[C@@H]1CC[C@@]2(C)[C@@H](CC[C@@H]3[C@@H]2CC[C@]2(C)[C@H](OC(=O)c4ccccc4)CC[C@@H]32)C1. The van der Waals surface area contributed by atoms with E-state index in [0.717, 1.165) is 37.5 Å². The summed E-state index contributed by atoms with van der Waals surface area (Å²) in [5, 5.41) is 0. The number of fused-ring (bicyclic) bond motifs is 5. The van der Waals surface area contributed by atoms with Crippen LogP contribution in [0.15, 0.2) is 30.3 Å². The molecular formula is C28H38O4. The molecule has 0 radical (unpaired) electrons. The minimum Gasteiger partial charge on any atom is -0.463 e. The number of benzene rings is 1. The summed E-state index contributed by atoms with van der Waals surface area (Å²) >= 11 is 0. The highest BCUT2D eigenvalue weighted by atomic mass is 16.5. The molecule has 0 unspecified atom stereocenters. The monoisotopic (exact) mass is 438 g/mol. The molecule has 0 N–H and O–H groups in total. The van der Waals surface area contributed by atoms with Crippen molar-refractivity contribution in [2.45, 2.75) is 90.8 Å². The van der Waals surface area contributed by atoms with E-state index in [0.29, 0.717) is 22.8 Å². The van der Waals surface area contributed by atoms with Gasteiger partial charge in [-0.15, -0.1) is 0 Å². The number of rotatable bonds is 3. The number of hydrogen-bond acceptors (Lipinski definition) is 4. The van der Waals surface area contributed by atoms with Gasteiger partial charge in [-0.25, -0.2) is 4.79 Å². The smallest absolute Gasteiger partial charge is 0.338 e. The van der Waals surface area contributed by atoms with Gasteiger partial charge in [-0.1, -0.05) is 32.0 Å². The molecular weight excluding hydrogens is 400 g/mol. The number of ether oxygens (including phenoxy) is 2. The zero-order valence-electron chi connectivity index (χ0n) is 19.8. The summed E-state index contributed by atoms with van der Waals surface area (Å²) in [4.78, 5) is 24.3.